The van der Waals surface area contributed by atoms with Crippen molar-refractivity contribution < 1.29 is 9.53 Å². The highest BCUT2D eigenvalue weighted by molar-refractivity contribution is 5.76. The Kier molecular flexibility index (Phi) is 5.34. The predicted octanol–water partition coefficient (Wildman–Crippen LogP) is 4.81. The molecule has 0 unspecified atom stereocenters. The fraction of sp³-hybridized carbons (Fsp3) is 0.227. The number of esters is 1. The molecule has 3 rings (SSSR count). The first kappa shape index (κ1) is 17.0. The van der Waals surface area contributed by atoms with Gasteiger partial charge in [-0.1, -0.05) is 60.7 Å². The van der Waals surface area contributed by atoms with E-state index >= 15 is 0 Å². The van der Waals surface area contributed by atoms with Gasteiger partial charge in [-0.2, -0.15) is 0 Å². The minimum atomic E-state index is -0.382. The Hall–Kier alpha value is -2.81. The maximum atomic E-state index is 12.7. The molecule has 0 radical (unpaired) electrons. The zero-order valence-electron chi connectivity index (χ0n) is 14.7. The topological polar surface area (TPSA) is 31.2 Å². The van der Waals surface area contributed by atoms with Crippen LogP contribution < -0.4 is 0 Å². The van der Waals surface area contributed by atoms with Crippen molar-refractivity contribution in [3.63, 3.8) is 0 Å². The second kappa shape index (κ2) is 7.84. The molecule has 0 spiro atoms. The molecular weight excluding hydrogens is 310 g/mol. The second-order valence-electron chi connectivity index (χ2n) is 6.05. The second-order valence-corrected chi connectivity index (χ2v) is 6.05. The highest BCUT2D eigenvalue weighted by Crippen LogP contribution is 2.29. The predicted molar refractivity (Wildman–Crippen MR) is 100 cm³/mol. The Morgan fingerprint density at radius 2 is 1.60 bits per heavy atom. The standard InChI is InChI=1S/C22H23NO2/c1-3-25-22(24)21(16-18-10-6-4-7-11-18)23-17(2)14-15-20(23)19-12-8-5-9-13-19/h4-15,21H,3,16H2,1-2H3/t21-/m0/s1. The summed E-state index contributed by atoms with van der Waals surface area (Å²) in [5.74, 6) is -0.192. The monoisotopic (exact) mass is 333 g/mol. The summed E-state index contributed by atoms with van der Waals surface area (Å²) in [5, 5.41) is 0. The minimum Gasteiger partial charge on any atom is -0.464 e. The van der Waals surface area contributed by atoms with Crippen LogP contribution in [0.5, 0.6) is 0 Å². The summed E-state index contributed by atoms with van der Waals surface area (Å²) in [5.41, 5.74) is 4.30. The number of rotatable bonds is 6. The zero-order valence-corrected chi connectivity index (χ0v) is 14.7. The molecule has 0 aliphatic heterocycles. The molecule has 0 bridgehead atoms. The molecule has 3 aromatic rings. The molecule has 1 atom stereocenters. The third kappa shape index (κ3) is 3.82. The first-order valence-electron chi connectivity index (χ1n) is 8.64. The lowest BCUT2D eigenvalue weighted by molar-refractivity contribution is -0.147. The van der Waals surface area contributed by atoms with E-state index in [0.717, 1.165) is 22.5 Å². The molecule has 0 amide bonds. The molecule has 3 nitrogen and oxygen atoms in total. The molecule has 0 saturated carbocycles. The minimum absolute atomic E-state index is 0.192. The number of benzene rings is 2. The molecule has 0 saturated heterocycles. The third-order valence-corrected chi connectivity index (χ3v) is 4.33. The van der Waals surface area contributed by atoms with E-state index in [1.807, 2.05) is 62.4 Å². The van der Waals surface area contributed by atoms with Gasteiger partial charge in [0.25, 0.3) is 0 Å². The molecule has 25 heavy (non-hydrogen) atoms. The smallest absolute Gasteiger partial charge is 0.329 e. The average Bonchev–Trinajstić information content (AvgIpc) is 3.03. The van der Waals surface area contributed by atoms with Crippen LogP contribution in [0, 0.1) is 6.92 Å². The van der Waals surface area contributed by atoms with Crippen LogP contribution in [0.2, 0.25) is 0 Å². The van der Waals surface area contributed by atoms with E-state index < -0.39 is 0 Å². The summed E-state index contributed by atoms with van der Waals surface area (Å²) in [7, 11) is 0. The lowest BCUT2D eigenvalue weighted by Gasteiger charge is -2.22. The van der Waals surface area contributed by atoms with Crippen LogP contribution in [0.4, 0.5) is 0 Å². The number of hydrogen-bond acceptors (Lipinski definition) is 2. The first-order valence-corrected chi connectivity index (χ1v) is 8.64. The molecule has 0 aliphatic carbocycles. The van der Waals surface area contributed by atoms with Crippen molar-refractivity contribution in [1.29, 1.82) is 0 Å². The van der Waals surface area contributed by atoms with Gasteiger partial charge in [0.15, 0.2) is 0 Å². The van der Waals surface area contributed by atoms with E-state index in [2.05, 4.69) is 28.8 Å². The molecule has 0 N–H and O–H groups in total. The van der Waals surface area contributed by atoms with Crippen LogP contribution in [-0.4, -0.2) is 17.1 Å². The SMILES string of the molecule is CCOC(=O)[C@H](Cc1ccccc1)n1c(C)ccc1-c1ccccc1. The van der Waals surface area contributed by atoms with Gasteiger partial charge in [-0.3, -0.25) is 0 Å². The van der Waals surface area contributed by atoms with Gasteiger partial charge in [0.05, 0.1) is 6.61 Å². The quantitative estimate of drug-likeness (QED) is 0.606. The number of aryl methyl sites for hydroxylation is 1. The summed E-state index contributed by atoms with van der Waals surface area (Å²) in [6, 6.07) is 24.0. The van der Waals surface area contributed by atoms with Crippen LogP contribution in [0.25, 0.3) is 11.3 Å². The number of ether oxygens (including phenoxy) is 1. The number of hydrogen-bond donors (Lipinski definition) is 0. The van der Waals surface area contributed by atoms with E-state index in [-0.39, 0.29) is 12.0 Å². The molecular formula is C22H23NO2. The molecule has 128 valence electrons. The molecule has 0 fully saturated rings. The Bertz CT molecular complexity index is 822. The van der Waals surface area contributed by atoms with Gasteiger partial charge in [-0.25, -0.2) is 4.79 Å². The lowest BCUT2D eigenvalue weighted by Crippen LogP contribution is -2.25. The van der Waals surface area contributed by atoms with Gasteiger partial charge in [0.1, 0.15) is 6.04 Å². The Labute approximate surface area is 148 Å². The first-order chi connectivity index (χ1) is 12.2. The number of carbonyl (C=O) groups is 1. The Balaban J connectivity index is 2.04. The van der Waals surface area contributed by atoms with Crippen molar-refractivity contribution in [2.24, 2.45) is 0 Å². The van der Waals surface area contributed by atoms with Crippen molar-refractivity contribution in [1.82, 2.24) is 4.57 Å². The maximum Gasteiger partial charge on any atom is 0.329 e. The molecule has 0 aliphatic rings. The van der Waals surface area contributed by atoms with E-state index in [1.165, 1.54) is 0 Å². The van der Waals surface area contributed by atoms with Crippen LogP contribution in [0.15, 0.2) is 72.8 Å². The molecule has 1 heterocycles. The van der Waals surface area contributed by atoms with Crippen LogP contribution >= 0.6 is 0 Å². The van der Waals surface area contributed by atoms with Gasteiger partial charge in [0.2, 0.25) is 0 Å². The van der Waals surface area contributed by atoms with E-state index in [1.54, 1.807) is 0 Å². The van der Waals surface area contributed by atoms with Crippen molar-refractivity contribution in [3.05, 3.63) is 84.1 Å². The Morgan fingerprint density at radius 1 is 0.960 bits per heavy atom. The lowest BCUT2D eigenvalue weighted by atomic mass is 10.0. The van der Waals surface area contributed by atoms with Gasteiger partial charge in [-0.05, 0) is 37.1 Å². The molecule has 2 aromatic carbocycles. The van der Waals surface area contributed by atoms with Crippen molar-refractivity contribution in [2.75, 3.05) is 6.61 Å². The summed E-state index contributed by atoms with van der Waals surface area (Å²) >= 11 is 0. The third-order valence-electron chi connectivity index (χ3n) is 4.33. The van der Waals surface area contributed by atoms with Gasteiger partial charge >= 0.3 is 5.97 Å². The summed E-state index contributed by atoms with van der Waals surface area (Å²) in [6.07, 6.45) is 0.606. The van der Waals surface area contributed by atoms with E-state index in [4.69, 9.17) is 4.74 Å². The largest absolute Gasteiger partial charge is 0.464 e. The van der Waals surface area contributed by atoms with E-state index in [0.29, 0.717) is 13.0 Å². The fourth-order valence-corrected chi connectivity index (χ4v) is 3.16. The zero-order chi connectivity index (χ0) is 17.6. The van der Waals surface area contributed by atoms with Gasteiger partial charge in [-0.15, -0.1) is 0 Å². The summed E-state index contributed by atoms with van der Waals surface area (Å²) in [4.78, 5) is 12.7. The molecule has 1 aromatic heterocycles. The Morgan fingerprint density at radius 3 is 2.24 bits per heavy atom. The average molecular weight is 333 g/mol. The van der Waals surface area contributed by atoms with Crippen molar-refractivity contribution >= 4 is 5.97 Å². The van der Waals surface area contributed by atoms with Gasteiger partial charge in [0, 0.05) is 17.8 Å². The summed E-state index contributed by atoms with van der Waals surface area (Å²) < 4.78 is 7.48. The maximum absolute atomic E-state index is 12.7. The molecule has 3 heteroatoms. The van der Waals surface area contributed by atoms with Crippen LogP contribution in [0.3, 0.4) is 0 Å². The number of nitrogens with zero attached hydrogens (tertiary/aromatic N) is 1. The van der Waals surface area contributed by atoms with E-state index in [9.17, 15) is 4.79 Å². The normalized spacial score (nSPS) is 11.9. The van der Waals surface area contributed by atoms with Crippen molar-refractivity contribution in [2.45, 2.75) is 26.3 Å². The van der Waals surface area contributed by atoms with Gasteiger partial charge < -0.3 is 9.30 Å². The van der Waals surface area contributed by atoms with Crippen molar-refractivity contribution in [3.8, 4) is 11.3 Å². The summed E-state index contributed by atoms with van der Waals surface area (Å²) in [6.45, 7) is 4.26. The number of aromatic nitrogens is 1. The van der Waals surface area contributed by atoms with Crippen LogP contribution in [-0.2, 0) is 16.0 Å². The fourth-order valence-electron chi connectivity index (χ4n) is 3.16. The highest BCUT2D eigenvalue weighted by atomic mass is 16.5. The highest BCUT2D eigenvalue weighted by Gasteiger charge is 2.25. The van der Waals surface area contributed by atoms with Crippen LogP contribution in [0.1, 0.15) is 24.2 Å². The number of carbonyl (C=O) groups excluding carboxylic acids is 1.